The predicted octanol–water partition coefficient (Wildman–Crippen LogP) is 2.31. The van der Waals surface area contributed by atoms with E-state index >= 15 is 0 Å². The molecule has 0 amide bonds. The lowest BCUT2D eigenvalue weighted by molar-refractivity contribution is 0.0904. The Labute approximate surface area is 94.8 Å². The highest BCUT2D eigenvalue weighted by Crippen LogP contribution is 2.24. The molecule has 1 aromatic rings. The molecular formula is C12H17FN2O. The number of nitrogens with one attached hydrogen (secondary N) is 1. The van der Waals surface area contributed by atoms with Gasteiger partial charge in [0.2, 0.25) is 0 Å². The maximum absolute atomic E-state index is 13.2. The van der Waals surface area contributed by atoms with Gasteiger partial charge in [0.25, 0.3) is 0 Å². The first kappa shape index (κ1) is 11.2. The van der Waals surface area contributed by atoms with E-state index in [0.717, 1.165) is 31.7 Å². The molecule has 1 heterocycles. The van der Waals surface area contributed by atoms with Crippen LogP contribution in [-0.2, 0) is 4.74 Å². The van der Waals surface area contributed by atoms with Gasteiger partial charge in [-0.15, -0.1) is 0 Å². The Bertz CT molecular complexity index is 376. The summed E-state index contributed by atoms with van der Waals surface area (Å²) in [5.41, 5.74) is 7.68. The minimum Gasteiger partial charge on any atom is -0.397 e. The van der Waals surface area contributed by atoms with Gasteiger partial charge in [-0.05, 0) is 37.5 Å². The summed E-state index contributed by atoms with van der Waals surface area (Å²) in [5.74, 6) is -0.255. The van der Waals surface area contributed by atoms with Crippen LogP contribution >= 0.6 is 0 Å². The Morgan fingerprint density at radius 2 is 2.06 bits per heavy atom. The van der Waals surface area contributed by atoms with E-state index in [4.69, 9.17) is 10.5 Å². The Balaban J connectivity index is 2.11. The van der Waals surface area contributed by atoms with E-state index in [1.54, 1.807) is 13.0 Å². The van der Waals surface area contributed by atoms with Crippen molar-refractivity contribution >= 4 is 11.4 Å². The van der Waals surface area contributed by atoms with Gasteiger partial charge in [0.05, 0.1) is 11.4 Å². The van der Waals surface area contributed by atoms with E-state index < -0.39 is 0 Å². The summed E-state index contributed by atoms with van der Waals surface area (Å²) in [4.78, 5) is 0. The molecule has 88 valence electrons. The molecule has 4 heteroatoms. The van der Waals surface area contributed by atoms with Crippen LogP contribution in [-0.4, -0.2) is 19.3 Å². The summed E-state index contributed by atoms with van der Waals surface area (Å²) in [6.07, 6.45) is 1.94. The van der Waals surface area contributed by atoms with Crippen molar-refractivity contribution in [1.82, 2.24) is 0 Å². The standard InChI is InChI=1S/C12H17FN2O/c1-8-6-12(11(14)7-10(8)13)15-9-2-4-16-5-3-9/h6-7,9,15H,2-5,14H2,1H3. The molecule has 0 radical (unpaired) electrons. The van der Waals surface area contributed by atoms with Crippen LogP contribution in [0.1, 0.15) is 18.4 Å². The molecule has 3 nitrogen and oxygen atoms in total. The summed E-state index contributed by atoms with van der Waals surface area (Å²) in [6, 6.07) is 3.51. The topological polar surface area (TPSA) is 47.3 Å². The first-order chi connectivity index (χ1) is 7.66. The Morgan fingerprint density at radius 1 is 1.38 bits per heavy atom. The van der Waals surface area contributed by atoms with Crippen LogP contribution in [0.2, 0.25) is 0 Å². The van der Waals surface area contributed by atoms with Crippen LogP contribution in [0.4, 0.5) is 15.8 Å². The van der Waals surface area contributed by atoms with Crippen LogP contribution in [0.15, 0.2) is 12.1 Å². The fourth-order valence-electron chi connectivity index (χ4n) is 1.88. The largest absolute Gasteiger partial charge is 0.397 e. The minimum atomic E-state index is -0.255. The van der Waals surface area contributed by atoms with Gasteiger partial charge >= 0.3 is 0 Å². The molecule has 1 aliphatic heterocycles. The van der Waals surface area contributed by atoms with E-state index in [9.17, 15) is 4.39 Å². The molecule has 1 aliphatic rings. The molecule has 16 heavy (non-hydrogen) atoms. The minimum absolute atomic E-state index is 0.255. The fourth-order valence-corrected chi connectivity index (χ4v) is 1.88. The van der Waals surface area contributed by atoms with E-state index in [2.05, 4.69) is 5.32 Å². The third kappa shape index (κ3) is 2.44. The number of halogens is 1. The number of nitrogen functional groups attached to an aromatic ring is 1. The molecule has 0 aromatic heterocycles. The van der Waals surface area contributed by atoms with E-state index in [0.29, 0.717) is 17.3 Å². The average molecular weight is 224 g/mol. The van der Waals surface area contributed by atoms with E-state index in [1.807, 2.05) is 0 Å². The van der Waals surface area contributed by atoms with Gasteiger partial charge in [-0.2, -0.15) is 0 Å². The second-order valence-electron chi connectivity index (χ2n) is 4.22. The molecule has 1 fully saturated rings. The summed E-state index contributed by atoms with van der Waals surface area (Å²) < 4.78 is 18.5. The SMILES string of the molecule is Cc1cc(NC2CCOCC2)c(N)cc1F. The molecule has 0 bridgehead atoms. The number of hydrogen-bond acceptors (Lipinski definition) is 3. The lowest BCUT2D eigenvalue weighted by Crippen LogP contribution is -2.28. The normalized spacial score (nSPS) is 17.4. The second kappa shape index (κ2) is 4.70. The van der Waals surface area contributed by atoms with Gasteiger partial charge in [-0.25, -0.2) is 4.39 Å². The molecule has 0 spiro atoms. The summed E-state index contributed by atoms with van der Waals surface area (Å²) in [6.45, 7) is 3.29. The number of ether oxygens (including phenoxy) is 1. The van der Waals surface area contributed by atoms with Crippen molar-refractivity contribution in [3.63, 3.8) is 0 Å². The van der Waals surface area contributed by atoms with Crippen LogP contribution in [0, 0.1) is 12.7 Å². The third-order valence-electron chi connectivity index (χ3n) is 2.91. The maximum atomic E-state index is 13.2. The highest BCUT2D eigenvalue weighted by atomic mass is 19.1. The molecule has 0 aliphatic carbocycles. The van der Waals surface area contributed by atoms with Crippen molar-refractivity contribution < 1.29 is 9.13 Å². The Morgan fingerprint density at radius 3 is 2.75 bits per heavy atom. The first-order valence-electron chi connectivity index (χ1n) is 5.56. The number of rotatable bonds is 2. The summed E-state index contributed by atoms with van der Waals surface area (Å²) >= 11 is 0. The van der Waals surface area contributed by atoms with Crippen molar-refractivity contribution in [2.75, 3.05) is 24.3 Å². The number of anilines is 2. The van der Waals surface area contributed by atoms with Crippen molar-refractivity contribution in [3.05, 3.63) is 23.5 Å². The van der Waals surface area contributed by atoms with Gasteiger partial charge < -0.3 is 15.8 Å². The van der Waals surface area contributed by atoms with Crippen molar-refractivity contribution in [2.45, 2.75) is 25.8 Å². The number of hydrogen-bond donors (Lipinski definition) is 2. The molecule has 0 atom stereocenters. The predicted molar refractivity (Wildman–Crippen MR) is 63.0 cm³/mol. The van der Waals surface area contributed by atoms with E-state index in [1.165, 1.54) is 6.07 Å². The highest BCUT2D eigenvalue weighted by molar-refractivity contribution is 5.67. The maximum Gasteiger partial charge on any atom is 0.128 e. The molecule has 1 saturated heterocycles. The van der Waals surface area contributed by atoms with Crippen molar-refractivity contribution in [3.8, 4) is 0 Å². The molecular weight excluding hydrogens is 207 g/mol. The van der Waals surface area contributed by atoms with Crippen molar-refractivity contribution in [1.29, 1.82) is 0 Å². The molecule has 3 N–H and O–H groups in total. The monoisotopic (exact) mass is 224 g/mol. The Kier molecular flexibility index (Phi) is 3.29. The van der Waals surface area contributed by atoms with Gasteiger partial charge in [-0.1, -0.05) is 0 Å². The van der Waals surface area contributed by atoms with Gasteiger partial charge in [-0.3, -0.25) is 0 Å². The zero-order valence-corrected chi connectivity index (χ0v) is 9.42. The molecule has 1 aromatic carbocycles. The van der Waals surface area contributed by atoms with Crippen LogP contribution in [0.25, 0.3) is 0 Å². The van der Waals surface area contributed by atoms with Crippen LogP contribution in [0.3, 0.4) is 0 Å². The second-order valence-corrected chi connectivity index (χ2v) is 4.22. The fraction of sp³-hybridized carbons (Fsp3) is 0.500. The lowest BCUT2D eigenvalue weighted by atomic mass is 10.1. The smallest absolute Gasteiger partial charge is 0.128 e. The van der Waals surface area contributed by atoms with Crippen molar-refractivity contribution in [2.24, 2.45) is 0 Å². The molecule has 0 saturated carbocycles. The van der Waals surface area contributed by atoms with Crippen LogP contribution < -0.4 is 11.1 Å². The Hall–Kier alpha value is -1.29. The van der Waals surface area contributed by atoms with Gasteiger partial charge in [0.15, 0.2) is 0 Å². The number of aryl methyl sites for hydroxylation is 1. The zero-order valence-electron chi connectivity index (χ0n) is 9.42. The molecule has 2 rings (SSSR count). The number of benzene rings is 1. The number of nitrogens with two attached hydrogens (primary N) is 1. The molecule has 0 unspecified atom stereocenters. The van der Waals surface area contributed by atoms with E-state index in [-0.39, 0.29) is 5.82 Å². The zero-order chi connectivity index (χ0) is 11.5. The van der Waals surface area contributed by atoms with Gasteiger partial charge in [0.1, 0.15) is 5.82 Å². The van der Waals surface area contributed by atoms with Crippen LogP contribution in [0.5, 0.6) is 0 Å². The summed E-state index contributed by atoms with van der Waals surface area (Å²) in [5, 5.41) is 3.35. The third-order valence-corrected chi connectivity index (χ3v) is 2.91. The first-order valence-corrected chi connectivity index (χ1v) is 5.56. The quantitative estimate of drug-likeness (QED) is 0.758. The highest BCUT2D eigenvalue weighted by Gasteiger charge is 2.15. The lowest BCUT2D eigenvalue weighted by Gasteiger charge is -2.25. The summed E-state index contributed by atoms with van der Waals surface area (Å²) in [7, 11) is 0. The average Bonchev–Trinajstić information content (AvgIpc) is 2.27. The van der Waals surface area contributed by atoms with Gasteiger partial charge in [0, 0.05) is 19.3 Å².